The maximum Gasteiger partial charge on any atom is 0.215 e. The van der Waals surface area contributed by atoms with Gasteiger partial charge in [-0.3, -0.25) is 0 Å². The standard InChI is InChI=1S/C12H27N3O2S/c1-5-13-9-11(2)18(16,17)14-10-12(15(3)4)7-6-8-12/h11,13-14H,5-10H2,1-4H3. The predicted molar refractivity (Wildman–Crippen MR) is 75.2 cm³/mol. The molecular weight excluding hydrogens is 250 g/mol. The van der Waals surface area contributed by atoms with E-state index in [1.807, 2.05) is 21.0 Å². The van der Waals surface area contributed by atoms with E-state index in [1.54, 1.807) is 6.92 Å². The van der Waals surface area contributed by atoms with E-state index in [2.05, 4.69) is 14.9 Å². The number of nitrogens with one attached hydrogen (secondary N) is 2. The molecule has 5 nitrogen and oxygen atoms in total. The van der Waals surface area contributed by atoms with Crippen molar-refractivity contribution in [1.29, 1.82) is 0 Å². The Labute approximate surface area is 111 Å². The fraction of sp³-hybridized carbons (Fsp3) is 1.00. The molecule has 0 aliphatic heterocycles. The summed E-state index contributed by atoms with van der Waals surface area (Å²) in [6.07, 6.45) is 3.33. The second kappa shape index (κ2) is 6.32. The topological polar surface area (TPSA) is 61.4 Å². The summed E-state index contributed by atoms with van der Waals surface area (Å²) in [5, 5.41) is 2.68. The van der Waals surface area contributed by atoms with Crippen molar-refractivity contribution in [2.45, 2.75) is 43.9 Å². The number of hydrogen-bond acceptors (Lipinski definition) is 4. The monoisotopic (exact) mass is 277 g/mol. The Bertz CT molecular complexity index is 350. The van der Waals surface area contributed by atoms with Crippen LogP contribution in [0.3, 0.4) is 0 Å². The highest BCUT2D eigenvalue weighted by atomic mass is 32.2. The molecule has 18 heavy (non-hydrogen) atoms. The van der Waals surface area contributed by atoms with Gasteiger partial charge in [-0.15, -0.1) is 0 Å². The van der Waals surface area contributed by atoms with Crippen LogP contribution in [0.2, 0.25) is 0 Å². The number of nitrogens with zero attached hydrogens (tertiary/aromatic N) is 1. The van der Waals surface area contributed by atoms with Gasteiger partial charge < -0.3 is 10.2 Å². The minimum atomic E-state index is -3.21. The predicted octanol–water partition coefficient (Wildman–Crippen LogP) is 0.388. The zero-order chi connectivity index (χ0) is 13.8. The minimum Gasteiger partial charge on any atom is -0.316 e. The molecule has 1 atom stereocenters. The molecule has 0 saturated heterocycles. The Balaban J connectivity index is 2.50. The molecule has 1 aliphatic carbocycles. The van der Waals surface area contributed by atoms with Gasteiger partial charge in [-0.2, -0.15) is 0 Å². The van der Waals surface area contributed by atoms with Crippen LogP contribution in [-0.2, 0) is 10.0 Å². The van der Waals surface area contributed by atoms with Crippen molar-refractivity contribution in [2.24, 2.45) is 0 Å². The molecule has 0 aromatic carbocycles. The first-order valence-corrected chi connectivity index (χ1v) is 8.25. The van der Waals surface area contributed by atoms with E-state index in [0.717, 1.165) is 19.4 Å². The van der Waals surface area contributed by atoms with Gasteiger partial charge in [-0.25, -0.2) is 13.1 Å². The van der Waals surface area contributed by atoms with Crippen LogP contribution < -0.4 is 10.0 Å². The fourth-order valence-electron chi connectivity index (χ4n) is 2.20. The van der Waals surface area contributed by atoms with Crippen LogP contribution in [0.5, 0.6) is 0 Å². The molecule has 0 bridgehead atoms. The van der Waals surface area contributed by atoms with E-state index in [9.17, 15) is 8.42 Å². The molecule has 1 saturated carbocycles. The zero-order valence-electron chi connectivity index (χ0n) is 12.0. The van der Waals surface area contributed by atoms with Gasteiger partial charge in [0, 0.05) is 18.6 Å². The lowest BCUT2D eigenvalue weighted by Gasteiger charge is -2.47. The summed E-state index contributed by atoms with van der Waals surface area (Å²) in [7, 11) is 0.832. The molecule has 2 N–H and O–H groups in total. The van der Waals surface area contributed by atoms with Crippen LogP contribution in [0.25, 0.3) is 0 Å². The van der Waals surface area contributed by atoms with Crippen molar-refractivity contribution < 1.29 is 8.42 Å². The van der Waals surface area contributed by atoms with E-state index >= 15 is 0 Å². The summed E-state index contributed by atoms with van der Waals surface area (Å²) in [5.74, 6) is 0. The highest BCUT2D eigenvalue weighted by Crippen LogP contribution is 2.35. The number of rotatable bonds is 8. The highest BCUT2D eigenvalue weighted by molar-refractivity contribution is 7.90. The number of sulfonamides is 1. The van der Waals surface area contributed by atoms with Gasteiger partial charge in [0.2, 0.25) is 10.0 Å². The average Bonchev–Trinajstić information content (AvgIpc) is 2.23. The van der Waals surface area contributed by atoms with Crippen molar-refractivity contribution in [1.82, 2.24) is 14.9 Å². The first kappa shape index (κ1) is 15.9. The molecule has 1 unspecified atom stereocenters. The summed E-state index contributed by atoms with van der Waals surface area (Å²) in [4.78, 5) is 2.15. The van der Waals surface area contributed by atoms with Crippen LogP contribution in [-0.4, -0.2) is 57.8 Å². The summed E-state index contributed by atoms with van der Waals surface area (Å²) >= 11 is 0. The maximum atomic E-state index is 12.1. The van der Waals surface area contributed by atoms with Gasteiger partial charge in [0.1, 0.15) is 0 Å². The van der Waals surface area contributed by atoms with Crippen LogP contribution in [0.15, 0.2) is 0 Å². The molecule has 0 aromatic heterocycles. The smallest absolute Gasteiger partial charge is 0.215 e. The van der Waals surface area contributed by atoms with Crippen molar-refractivity contribution in [2.75, 3.05) is 33.7 Å². The third kappa shape index (κ3) is 3.66. The summed E-state index contributed by atoms with van der Waals surface area (Å²) < 4.78 is 26.9. The van der Waals surface area contributed by atoms with Crippen LogP contribution in [0, 0.1) is 0 Å². The third-order valence-electron chi connectivity index (χ3n) is 4.05. The molecule has 1 aliphatic rings. The largest absolute Gasteiger partial charge is 0.316 e. The molecule has 0 aromatic rings. The van der Waals surface area contributed by atoms with Crippen molar-refractivity contribution >= 4 is 10.0 Å². The van der Waals surface area contributed by atoms with Crippen LogP contribution >= 0.6 is 0 Å². The molecule has 6 heteroatoms. The summed E-state index contributed by atoms with van der Waals surface area (Å²) in [5.41, 5.74) is 0.0327. The second-order valence-electron chi connectivity index (χ2n) is 5.46. The Kier molecular flexibility index (Phi) is 5.58. The van der Waals surface area contributed by atoms with E-state index in [4.69, 9.17) is 0 Å². The van der Waals surface area contributed by atoms with Crippen molar-refractivity contribution in [3.63, 3.8) is 0 Å². The molecule has 0 spiro atoms. The van der Waals surface area contributed by atoms with Gasteiger partial charge >= 0.3 is 0 Å². The summed E-state index contributed by atoms with van der Waals surface area (Å²) in [6, 6.07) is 0. The van der Waals surface area contributed by atoms with Crippen molar-refractivity contribution in [3.8, 4) is 0 Å². The van der Waals surface area contributed by atoms with E-state index in [1.165, 1.54) is 6.42 Å². The Morgan fingerprint density at radius 1 is 1.33 bits per heavy atom. The molecular formula is C12H27N3O2S. The van der Waals surface area contributed by atoms with E-state index < -0.39 is 15.3 Å². The first-order valence-electron chi connectivity index (χ1n) is 6.71. The van der Waals surface area contributed by atoms with Gasteiger partial charge in [-0.05, 0) is 46.8 Å². The quantitative estimate of drug-likeness (QED) is 0.674. The Hall–Kier alpha value is -0.170. The molecule has 1 fully saturated rings. The van der Waals surface area contributed by atoms with E-state index in [0.29, 0.717) is 13.1 Å². The molecule has 108 valence electrons. The van der Waals surface area contributed by atoms with Gasteiger partial charge in [0.25, 0.3) is 0 Å². The first-order chi connectivity index (χ1) is 8.34. The lowest BCUT2D eigenvalue weighted by Crippen LogP contribution is -2.58. The zero-order valence-corrected chi connectivity index (χ0v) is 12.8. The Morgan fingerprint density at radius 3 is 2.33 bits per heavy atom. The summed E-state index contributed by atoms with van der Waals surface area (Å²) in [6.45, 7) is 5.54. The lowest BCUT2D eigenvalue weighted by atomic mass is 9.76. The van der Waals surface area contributed by atoms with Crippen LogP contribution in [0.4, 0.5) is 0 Å². The normalized spacial score (nSPS) is 20.7. The Morgan fingerprint density at radius 2 is 1.94 bits per heavy atom. The molecule has 1 rings (SSSR count). The molecule has 0 amide bonds. The lowest BCUT2D eigenvalue weighted by molar-refractivity contribution is 0.0656. The number of likely N-dealkylation sites (N-methyl/N-ethyl adjacent to an activating group) is 1. The highest BCUT2D eigenvalue weighted by Gasteiger charge is 2.40. The van der Waals surface area contributed by atoms with Gasteiger partial charge in [0.15, 0.2) is 0 Å². The average molecular weight is 277 g/mol. The second-order valence-corrected chi connectivity index (χ2v) is 7.64. The van der Waals surface area contributed by atoms with Crippen LogP contribution in [0.1, 0.15) is 33.1 Å². The molecule has 0 radical (unpaired) electrons. The maximum absolute atomic E-state index is 12.1. The van der Waals surface area contributed by atoms with Crippen molar-refractivity contribution in [3.05, 3.63) is 0 Å². The number of hydrogen-bond donors (Lipinski definition) is 2. The van der Waals surface area contributed by atoms with Gasteiger partial charge in [-0.1, -0.05) is 6.92 Å². The van der Waals surface area contributed by atoms with E-state index in [-0.39, 0.29) is 5.54 Å². The van der Waals surface area contributed by atoms with Gasteiger partial charge in [0.05, 0.1) is 5.25 Å². The SMILES string of the molecule is CCNCC(C)S(=O)(=O)NCC1(N(C)C)CCC1. The third-order valence-corrected chi connectivity index (χ3v) is 5.82. The fourth-order valence-corrected chi connectivity index (χ4v) is 3.29. The molecule has 0 heterocycles. The minimum absolute atomic E-state index is 0.0327.